The first-order valence-corrected chi connectivity index (χ1v) is 7.27. The number of aromatic amines is 1. The van der Waals surface area contributed by atoms with Gasteiger partial charge in [-0.25, -0.2) is 8.78 Å². The number of hydrogen-bond acceptors (Lipinski definition) is 2. The first-order valence-electron chi connectivity index (χ1n) is 6.86. The van der Waals surface area contributed by atoms with Crippen LogP contribution in [0.5, 0.6) is 0 Å². The summed E-state index contributed by atoms with van der Waals surface area (Å²) in [5.41, 5.74) is 0.759. The van der Waals surface area contributed by atoms with Gasteiger partial charge in [0, 0.05) is 19.2 Å². The molecule has 0 aliphatic rings. The first-order chi connectivity index (χ1) is 9.56. The summed E-state index contributed by atoms with van der Waals surface area (Å²) >= 11 is 5.21. The Morgan fingerprint density at radius 3 is 2.65 bits per heavy atom. The van der Waals surface area contributed by atoms with Gasteiger partial charge < -0.3 is 14.5 Å². The Balaban J connectivity index is 2.30. The average molecular weight is 299 g/mol. The number of nitrogens with one attached hydrogen (secondary N) is 1. The summed E-state index contributed by atoms with van der Waals surface area (Å²) < 4.78 is 29.2. The fourth-order valence-corrected chi connectivity index (χ4v) is 2.68. The summed E-state index contributed by atoms with van der Waals surface area (Å²) in [6.45, 7) is 7.62. The van der Waals surface area contributed by atoms with Crippen LogP contribution in [0.3, 0.4) is 0 Å². The van der Waals surface area contributed by atoms with E-state index in [9.17, 15) is 8.78 Å². The monoisotopic (exact) mass is 299 g/mol. The van der Waals surface area contributed by atoms with E-state index >= 15 is 0 Å². The van der Waals surface area contributed by atoms with Gasteiger partial charge in [-0.2, -0.15) is 0 Å². The number of hydrogen-bond donors (Lipinski definition) is 1. The van der Waals surface area contributed by atoms with Crippen molar-refractivity contribution in [2.45, 2.75) is 26.8 Å². The molecule has 1 aromatic heterocycles. The quantitative estimate of drug-likeness (QED) is 0.822. The van der Waals surface area contributed by atoms with Gasteiger partial charge in [0.25, 0.3) is 0 Å². The summed E-state index contributed by atoms with van der Waals surface area (Å²) in [7, 11) is 0. The maximum absolute atomic E-state index is 13.7. The molecule has 6 heteroatoms. The number of fused-ring (bicyclic) bond motifs is 1. The van der Waals surface area contributed by atoms with Crippen LogP contribution < -0.4 is 0 Å². The summed E-state index contributed by atoms with van der Waals surface area (Å²) in [5.74, 6) is -1.19. The molecule has 0 radical (unpaired) electrons. The smallest absolute Gasteiger partial charge is 0.178 e. The normalized spacial score (nSPS) is 11.7. The SMILES string of the molecule is CCCN(CC)CCn1c(=S)[nH]c2c(F)cc(F)cc21. The van der Waals surface area contributed by atoms with Crippen LogP contribution in [0.25, 0.3) is 11.0 Å². The standard InChI is InChI=1S/C14H19F2N3S/c1-3-5-18(4-2)6-7-19-12-9-10(15)8-11(16)13(12)17-14(19)20/h8-9H,3-7H2,1-2H3,(H,17,20). The minimum Gasteiger partial charge on any atom is -0.328 e. The third kappa shape index (κ3) is 3.07. The molecule has 0 saturated heterocycles. The molecule has 0 amide bonds. The van der Waals surface area contributed by atoms with Crippen LogP contribution in [0.4, 0.5) is 8.78 Å². The Morgan fingerprint density at radius 1 is 1.25 bits per heavy atom. The molecule has 1 heterocycles. The van der Waals surface area contributed by atoms with E-state index < -0.39 is 11.6 Å². The second-order valence-electron chi connectivity index (χ2n) is 4.80. The van der Waals surface area contributed by atoms with Crippen molar-refractivity contribution in [2.24, 2.45) is 0 Å². The van der Waals surface area contributed by atoms with Crippen LogP contribution in [0, 0.1) is 16.4 Å². The molecule has 1 N–H and O–H groups in total. The molecule has 3 nitrogen and oxygen atoms in total. The molecular formula is C14H19F2N3S. The van der Waals surface area contributed by atoms with E-state index in [0.29, 0.717) is 16.8 Å². The summed E-state index contributed by atoms with van der Waals surface area (Å²) in [4.78, 5) is 5.10. The van der Waals surface area contributed by atoms with Gasteiger partial charge in [0.05, 0.1) is 5.52 Å². The third-order valence-electron chi connectivity index (χ3n) is 3.43. The lowest BCUT2D eigenvalue weighted by Crippen LogP contribution is -2.28. The lowest BCUT2D eigenvalue weighted by Gasteiger charge is -2.19. The number of likely N-dealkylation sites (N-methyl/N-ethyl adjacent to an activating group) is 1. The lowest BCUT2D eigenvalue weighted by molar-refractivity contribution is 0.277. The van der Waals surface area contributed by atoms with Crippen LogP contribution in [0.1, 0.15) is 20.3 Å². The third-order valence-corrected chi connectivity index (χ3v) is 3.75. The van der Waals surface area contributed by atoms with Crippen molar-refractivity contribution in [1.82, 2.24) is 14.5 Å². The molecule has 0 aliphatic carbocycles. The second-order valence-corrected chi connectivity index (χ2v) is 5.18. The number of benzene rings is 1. The highest BCUT2D eigenvalue weighted by molar-refractivity contribution is 7.71. The van der Waals surface area contributed by atoms with Gasteiger partial charge in [0.15, 0.2) is 10.6 Å². The molecule has 0 unspecified atom stereocenters. The Kier molecular flexibility index (Phi) is 4.88. The molecule has 0 spiro atoms. The van der Waals surface area contributed by atoms with E-state index in [-0.39, 0.29) is 5.52 Å². The van der Waals surface area contributed by atoms with Crippen LogP contribution in [0.2, 0.25) is 0 Å². The second kappa shape index (κ2) is 6.45. The van der Waals surface area contributed by atoms with Crippen molar-refractivity contribution < 1.29 is 8.78 Å². The number of aromatic nitrogens is 2. The Morgan fingerprint density at radius 2 is 2.00 bits per heavy atom. The average Bonchev–Trinajstić information content (AvgIpc) is 2.71. The summed E-state index contributed by atoms with van der Waals surface area (Å²) in [6, 6.07) is 2.19. The molecule has 2 rings (SSSR count). The number of rotatable bonds is 6. The van der Waals surface area contributed by atoms with Crippen molar-refractivity contribution in [3.63, 3.8) is 0 Å². The van der Waals surface area contributed by atoms with E-state index in [1.165, 1.54) is 6.07 Å². The minimum atomic E-state index is -0.606. The van der Waals surface area contributed by atoms with Crippen LogP contribution >= 0.6 is 12.2 Å². The van der Waals surface area contributed by atoms with Gasteiger partial charge in [-0.05, 0) is 37.8 Å². The van der Waals surface area contributed by atoms with E-state index in [4.69, 9.17) is 12.2 Å². The van der Waals surface area contributed by atoms with Gasteiger partial charge in [0.1, 0.15) is 11.3 Å². The van der Waals surface area contributed by atoms with Gasteiger partial charge >= 0.3 is 0 Å². The fourth-order valence-electron chi connectivity index (χ4n) is 2.39. The number of nitrogens with zero attached hydrogens (tertiary/aromatic N) is 2. The Labute approximate surface area is 122 Å². The zero-order valence-corrected chi connectivity index (χ0v) is 12.6. The zero-order valence-electron chi connectivity index (χ0n) is 11.7. The summed E-state index contributed by atoms with van der Waals surface area (Å²) in [6.07, 6.45) is 1.08. The number of imidazole rings is 1. The highest BCUT2D eigenvalue weighted by Crippen LogP contribution is 2.19. The van der Waals surface area contributed by atoms with E-state index in [0.717, 1.165) is 32.1 Å². The van der Waals surface area contributed by atoms with E-state index in [2.05, 4.69) is 23.7 Å². The molecule has 0 fully saturated rings. The first kappa shape index (κ1) is 15.1. The molecule has 0 aliphatic heterocycles. The van der Waals surface area contributed by atoms with Gasteiger partial charge in [-0.1, -0.05) is 13.8 Å². The van der Waals surface area contributed by atoms with Gasteiger partial charge in [-0.3, -0.25) is 0 Å². The molecule has 0 bridgehead atoms. The van der Waals surface area contributed by atoms with Crippen molar-refractivity contribution >= 4 is 23.3 Å². The topological polar surface area (TPSA) is 24.0 Å². The maximum Gasteiger partial charge on any atom is 0.178 e. The van der Waals surface area contributed by atoms with Crippen molar-refractivity contribution in [1.29, 1.82) is 0 Å². The molecular weight excluding hydrogens is 280 g/mol. The van der Waals surface area contributed by atoms with E-state index in [1.54, 1.807) is 4.57 Å². The maximum atomic E-state index is 13.7. The molecule has 110 valence electrons. The van der Waals surface area contributed by atoms with Crippen molar-refractivity contribution in [3.8, 4) is 0 Å². The number of halogens is 2. The van der Waals surface area contributed by atoms with Crippen molar-refractivity contribution in [3.05, 3.63) is 28.5 Å². The minimum absolute atomic E-state index is 0.273. The molecule has 20 heavy (non-hydrogen) atoms. The van der Waals surface area contributed by atoms with E-state index in [1.807, 2.05) is 0 Å². The zero-order chi connectivity index (χ0) is 14.7. The largest absolute Gasteiger partial charge is 0.328 e. The van der Waals surface area contributed by atoms with Gasteiger partial charge in [-0.15, -0.1) is 0 Å². The predicted octanol–water partition coefficient (Wildman–Crippen LogP) is 3.71. The fraction of sp³-hybridized carbons (Fsp3) is 0.500. The molecule has 0 saturated carbocycles. The van der Waals surface area contributed by atoms with Crippen LogP contribution in [-0.2, 0) is 6.54 Å². The van der Waals surface area contributed by atoms with Crippen LogP contribution in [-0.4, -0.2) is 34.1 Å². The highest BCUT2D eigenvalue weighted by Gasteiger charge is 2.11. The number of H-pyrrole nitrogens is 1. The molecule has 1 aromatic carbocycles. The Bertz CT molecular complexity index is 648. The van der Waals surface area contributed by atoms with Gasteiger partial charge in [0.2, 0.25) is 0 Å². The molecule has 0 atom stereocenters. The predicted molar refractivity (Wildman–Crippen MR) is 79.4 cm³/mol. The Hall–Kier alpha value is -1.27. The van der Waals surface area contributed by atoms with Crippen LogP contribution in [0.15, 0.2) is 12.1 Å². The highest BCUT2D eigenvalue weighted by atomic mass is 32.1. The summed E-state index contributed by atoms with van der Waals surface area (Å²) in [5, 5.41) is 0. The van der Waals surface area contributed by atoms with Crippen molar-refractivity contribution in [2.75, 3.05) is 19.6 Å². The molecule has 2 aromatic rings. The lowest BCUT2D eigenvalue weighted by atomic mass is 10.3.